The number of carbonyl (C=O) groups is 1. The predicted molar refractivity (Wildman–Crippen MR) is 153 cm³/mol. The van der Waals surface area contributed by atoms with Gasteiger partial charge in [-0.3, -0.25) is 14.4 Å². The molecule has 1 aromatic carbocycles. The summed E-state index contributed by atoms with van der Waals surface area (Å²) < 4.78 is 14.6. The van der Waals surface area contributed by atoms with E-state index >= 15 is 0 Å². The molecule has 1 aliphatic heterocycles. The summed E-state index contributed by atoms with van der Waals surface area (Å²) in [6.07, 6.45) is 1.56. The molecule has 0 spiro atoms. The summed E-state index contributed by atoms with van der Waals surface area (Å²) in [7, 11) is 3.70. The van der Waals surface area contributed by atoms with Crippen LogP contribution in [0.5, 0.6) is 5.75 Å². The number of nitrogens with two attached hydrogens (primary N) is 1. The van der Waals surface area contributed by atoms with E-state index < -0.39 is 5.91 Å². The molecule has 1 aliphatic rings. The van der Waals surface area contributed by atoms with Crippen molar-refractivity contribution < 1.29 is 14.2 Å². The van der Waals surface area contributed by atoms with E-state index in [0.29, 0.717) is 18.8 Å². The van der Waals surface area contributed by atoms with Gasteiger partial charge in [0, 0.05) is 38.3 Å². The number of methoxy groups -OCH3 is 1. The highest BCUT2D eigenvalue weighted by molar-refractivity contribution is 9.10. The fraction of sp³-hybridized carbons (Fsp3) is 0.400. The molecule has 0 aliphatic carbocycles. The molecule has 5 rings (SSSR count). The second kappa shape index (κ2) is 12.2. The van der Waals surface area contributed by atoms with Crippen LogP contribution >= 0.6 is 15.9 Å². The molecule has 3 N–H and O–H groups in total. The van der Waals surface area contributed by atoms with Crippen LogP contribution in [0.1, 0.15) is 38.7 Å². The van der Waals surface area contributed by atoms with Crippen LogP contribution in [0, 0.1) is 13.8 Å². The number of hydrogen-bond acceptors (Lipinski definition) is 12. The first-order valence-corrected chi connectivity index (χ1v) is 13.7. The lowest BCUT2D eigenvalue weighted by molar-refractivity contribution is 0.0946. The van der Waals surface area contributed by atoms with Crippen LogP contribution in [0.2, 0.25) is 0 Å². The highest BCUT2D eigenvalue weighted by atomic mass is 79.9. The average Bonchev–Trinajstić information content (AvgIpc) is 3.64. The number of nitrogens with one attached hydrogen (secondary N) is 1. The van der Waals surface area contributed by atoms with Gasteiger partial charge in [-0.25, -0.2) is 10.1 Å². The minimum absolute atomic E-state index is 0.0441. The van der Waals surface area contributed by atoms with E-state index in [9.17, 15) is 4.79 Å². The number of benzene rings is 1. The zero-order chi connectivity index (χ0) is 29.1. The zero-order valence-electron chi connectivity index (χ0n) is 23.2. The van der Waals surface area contributed by atoms with E-state index in [4.69, 9.17) is 15.1 Å². The predicted octanol–water partition coefficient (Wildman–Crippen LogP) is 1.38. The maximum Gasteiger partial charge on any atom is 0.293 e. The highest BCUT2D eigenvalue weighted by Crippen LogP contribution is 2.25. The maximum absolute atomic E-state index is 13.2. The smallest absolute Gasteiger partial charge is 0.293 e. The Labute approximate surface area is 244 Å². The number of hydrazone groups is 1. The fourth-order valence-electron chi connectivity index (χ4n) is 4.56. The topological polar surface area (TPSA) is 171 Å². The Morgan fingerprint density at radius 2 is 2.00 bits per heavy atom. The second-order valence-electron chi connectivity index (χ2n) is 9.76. The van der Waals surface area contributed by atoms with Gasteiger partial charge in [0.1, 0.15) is 5.75 Å². The Morgan fingerprint density at radius 1 is 1.22 bits per heavy atom. The number of ether oxygens (including phenoxy) is 1. The summed E-state index contributed by atoms with van der Waals surface area (Å²) in [5, 5.41) is 24.5. The quantitative estimate of drug-likeness (QED) is 0.203. The Balaban J connectivity index is 1.34. The SMILES string of the molecule is COc1ccc(C=NNC(=O)c2nnn(-c3nonc3N)c2CN2CCN(C)CC2)cc1Cn1nc(C)c(Br)c1C. The van der Waals surface area contributed by atoms with Gasteiger partial charge in [0.15, 0.2) is 5.69 Å². The molecule has 1 amide bonds. The van der Waals surface area contributed by atoms with Gasteiger partial charge in [0.2, 0.25) is 11.6 Å². The molecular weight excluding hydrogens is 596 g/mol. The Kier molecular flexibility index (Phi) is 8.41. The van der Waals surface area contributed by atoms with Crippen molar-refractivity contribution in [2.24, 2.45) is 5.10 Å². The van der Waals surface area contributed by atoms with E-state index in [2.05, 4.69) is 69.0 Å². The van der Waals surface area contributed by atoms with Crippen LogP contribution < -0.4 is 15.9 Å². The number of nitrogens with zero attached hydrogens (tertiary/aromatic N) is 10. The van der Waals surface area contributed by atoms with Gasteiger partial charge in [-0.05, 0) is 70.9 Å². The molecule has 3 aromatic heterocycles. The molecule has 1 saturated heterocycles. The lowest BCUT2D eigenvalue weighted by Gasteiger charge is -2.32. The van der Waals surface area contributed by atoms with Crippen molar-refractivity contribution in [1.29, 1.82) is 0 Å². The van der Waals surface area contributed by atoms with E-state index in [1.165, 1.54) is 4.68 Å². The number of anilines is 1. The van der Waals surface area contributed by atoms with Crippen molar-refractivity contribution in [3.63, 3.8) is 0 Å². The third-order valence-electron chi connectivity index (χ3n) is 6.94. The summed E-state index contributed by atoms with van der Waals surface area (Å²) in [5.74, 6) is 0.418. The third kappa shape index (κ3) is 6.13. The molecule has 0 atom stereocenters. The fourth-order valence-corrected chi connectivity index (χ4v) is 4.84. The summed E-state index contributed by atoms with van der Waals surface area (Å²) in [6, 6.07) is 5.65. The van der Waals surface area contributed by atoms with Crippen molar-refractivity contribution in [3.8, 4) is 11.6 Å². The molecule has 0 unspecified atom stereocenters. The number of nitrogen functional groups attached to an aromatic ring is 1. The van der Waals surface area contributed by atoms with Crippen molar-refractivity contribution in [2.75, 3.05) is 46.1 Å². The number of aromatic nitrogens is 7. The lowest BCUT2D eigenvalue weighted by atomic mass is 10.1. The molecule has 41 heavy (non-hydrogen) atoms. The van der Waals surface area contributed by atoms with Gasteiger partial charge < -0.3 is 15.4 Å². The summed E-state index contributed by atoms with van der Waals surface area (Å²) in [5.41, 5.74) is 12.7. The van der Waals surface area contributed by atoms with Gasteiger partial charge in [-0.15, -0.1) is 5.10 Å². The molecule has 4 aromatic rings. The van der Waals surface area contributed by atoms with Gasteiger partial charge in [-0.1, -0.05) is 5.21 Å². The van der Waals surface area contributed by atoms with Crippen LogP contribution in [0.15, 0.2) is 32.4 Å². The Morgan fingerprint density at radius 3 is 2.66 bits per heavy atom. The normalized spacial score (nSPS) is 14.7. The maximum atomic E-state index is 13.2. The Hall–Kier alpha value is -4.15. The minimum atomic E-state index is -0.520. The molecule has 16 heteroatoms. The minimum Gasteiger partial charge on any atom is -0.496 e. The van der Waals surface area contributed by atoms with Crippen molar-refractivity contribution >= 4 is 33.9 Å². The number of hydrogen-bond donors (Lipinski definition) is 2. The molecule has 0 saturated carbocycles. The first kappa shape index (κ1) is 28.4. The standard InChI is InChI=1S/C25H31BrN12O3/c1-15-21(26)16(2)37(31-15)13-18-11-17(5-6-20(18)40-4)12-28-30-25(39)22-19(14-36-9-7-35(3)8-10-36)38(34-29-22)24-23(27)32-41-33-24/h5-6,11-12H,7-10,13-14H2,1-4H3,(H2,27,32)(H,30,39). The van der Waals surface area contributed by atoms with Gasteiger partial charge in [-0.2, -0.15) is 14.9 Å². The van der Waals surface area contributed by atoms with Crippen molar-refractivity contribution in [3.05, 3.63) is 56.6 Å². The zero-order valence-corrected chi connectivity index (χ0v) is 24.8. The first-order chi connectivity index (χ1) is 19.7. The van der Waals surface area contributed by atoms with E-state index in [1.54, 1.807) is 13.3 Å². The van der Waals surface area contributed by atoms with E-state index in [0.717, 1.165) is 58.9 Å². The number of amides is 1. The number of piperazine rings is 1. The number of likely N-dealkylation sites (N-methyl/N-ethyl adjacent to an activating group) is 1. The molecule has 0 bridgehead atoms. The average molecular weight is 628 g/mol. The molecule has 15 nitrogen and oxygen atoms in total. The molecule has 4 heterocycles. The van der Waals surface area contributed by atoms with E-state index in [1.807, 2.05) is 36.7 Å². The second-order valence-corrected chi connectivity index (χ2v) is 10.6. The summed E-state index contributed by atoms with van der Waals surface area (Å²) >= 11 is 3.57. The van der Waals surface area contributed by atoms with Crippen LogP contribution in [0.4, 0.5) is 5.82 Å². The van der Waals surface area contributed by atoms with E-state index in [-0.39, 0.29) is 17.3 Å². The number of aryl methyl sites for hydroxylation is 1. The van der Waals surface area contributed by atoms with Crippen molar-refractivity contribution in [2.45, 2.75) is 26.9 Å². The number of carbonyl (C=O) groups excluding carboxylic acids is 1. The Bertz CT molecular complexity index is 1570. The van der Waals surface area contributed by atoms with Crippen LogP contribution in [-0.2, 0) is 13.1 Å². The lowest BCUT2D eigenvalue weighted by Crippen LogP contribution is -2.44. The number of halogens is 1. The van der Waals surface area contributed by atoms with Crippen LogP contribution in [-0.4, -0.2) is 97.3 Å². The van der Waals surface area contributed by atoms with Gasteiger partial charge >= 0.3 is 0 Å². The number of rotatable bonds is 9. The summed E-state index contributed by atoms with van der Waals surface area (Å²) in [4.78, 5) is 17.7. The largest absolute Gasteiger partial charge is 0.496 e. The molecular formula is C25H31BrN12O3. The molecule has 0 radical (unpaired) electrons. The van der Waals surface area contributed by atoms with Gasteiger partial charge in [0.25, 0.3) is 5.91 Å². The van der Waals surface area contributed by atoms with Crippen LogP contribution in [0.3, 0.4) is 0 Å². The van der Waals surface area contributed by atoms with Gasteiger partial charge in [0.05, 0.1) is 41.4 Å². The molecule has 1 fully saturated rings. The van der Waals surface area contributed by atoms with Crippen molar-refractivity contribution in [1.82, 2.24) is 50.3 Å². The molecule has 216 valence electrons. The summed E-state index contributed by atoms with van der Waals surface area (Å²) in [6.45, 7) is 8.31. The third-order valence-corrected chi connectivity index (χ3v) is 8.09. The first-order valence-electron chi connectivity index (χ1n) is 12.9. The highest BCUT2D eigenvalue weighted by Gasteiger charge is 2.26. The van der Waals surface area contributed by atoms with Crippen LogP contribution in [0.25, 0.3) is 5.82 Å². The monoisotopic (exact) mass is 626 g/mol.